The molecule has 1 aromatic carbocycles. The van der Waals surface area contributed by atoms with E-state index in [0.29, 0.717) is 46.5 Å². The number of benzene rings is 1. The fourth-order valence-electron chi connectivity index (χ4n) is 2.08. The lowest BCUT2D eigenvalue weighted by Gasteiger charge is -2.17. The van der Waals surface area contributed by atoms with Crippen LogP contribution in [-0.4, -0.2) is 56.9 Å². The van der Waals surface area contributed by atoms with E-state index >= 15 is 0 Å². The van der Waals surface area contributed by atoms with E-state index in [2.05, 4.69) is 10.2 Å². The Kier molecular flexibility index (Phi) is 8.40. The van der Waals surface area contributed by atoms with Gasteiger partial charge in [-0.3, -0.25) is 4.79 Å². The molecule has 1 aromatic heterocycles. The van der Waals surface area contributed by atoms with Crippen molar-refractivity contribution in [2.24, 2.45) is 0 Å². The van der Waals surface area contributed by atoms with Gasteiger partial charge in [0, 0.05) is 23.9 Å². The third-order valence-corrected chi connectivity index (χ3v) is 5.56. The number of carbonyl (C=O) groups is 1. The van der Waals surface area contributed by atoms with Gasteiger partial charge in [0.25, 0.3) is 0 Å². The summed E-state index contributed by atoms with van der Waals surface area (Å²) in [7, 11) is 0. The third kappa shape index (κ3) is 6.00. The second-order valence-corrected chi connectivity index (χ2v) is 7.58. The van der Waals surface area contributed by atoms with Crippen LogP contribution in [0.5, 0.6) is 5.75 Å². The maximum Gasteiger partial charge on any atom is 0.233 e. The number of rotatable bonds is 10. The minimum absolute atomic E-state index is 0.0635. The summed E-state index contributed by atoms with van der Waals surface area (Å²) in [6, 6.07) is 7.20. The fraction of sp³-hybridized carbons (Fsp3) is 0.438. The number of hydrogen-bond donors (Lipinski definition) is 1. The molecule has 0 radical (unpaired) electrons. The molecule has 7 nitrogen and oxygen atoms in total. The van der Waals surface area contributed by atoms with Crippen LogP contribution >= 0.6 is 35.1 Å². The molecule has 10 heteroatoms. The molecular weight excluding hydrogens is 394 g/mol. The predicted molar refractivity (Wildman–Crippen MR) is 106 cm³/mol. The largest absolute Gasteiger partial charge is 0.493 e. The van der Waals surface area contributed by atoms with Gasteiger partial charge in [0.2, 0.25) is 16.2 Å². The molecule has 0 unspecified atom stereocenters. The Labute approximate surface area is 166 Å². The van der Waals surface area contributed by atoms with E-state index in [0.717, 1.165) is 5.75 Å². The first-order chi connectivity index (χ1) is 12.5. The van der Waals surface area contributed by atoms with Gasteiger partial charge < -0.3 is 15.5 Å². The van der Waals surface area contributed by atoms with E-state index in [9.17, 15) is 4.79 Å². The Hall–Kier alpha value is -1.58. The lowest BCUT2D eigenvalue weighted by atomic mass is 10.3. The lowest BCUT2D eigenvalue weighted by Crippen LogP contribution is -2.32. The molecule has 0 aliphatic rings. The first-order valence-corrected chi connectivity index (χ1v) is 10.5. The number of amides is 1. The van der Waals surface area contributed by atoms with Gasteiger partial charge in [-0.25, -0.2) is 4.68 Å². The molecule has 0 saturated heterocycles. The summed E-state index contributed by atoms with van der Waals surface area (Å²) in [5, 5.41) is 9.90. The molecule has 1 heterocycles. The molecular formula is C16H22ClN5O2S2. The van der Waals surface area contributed by atoms with E-state index < -0.39 is 0 Å². The normalized spacial score (nSPS) is 10.7. The van der Waals surface area contributed by atoms with Gasteiger partial charge in [0.05, 0.1) is 12.4 Å². The van der Waals surface area contributed by atoms with Crippen molar-refractivity contribution in [2.45, 2.75) is 24.2 Å². The van der Waals surface area contributed by atoms with E-state index in [4.69, 9.17) is 22.2 Å². The van der Waals surface area contributed by atoms with Gasteiger partial charge in [-0.05, 0) is 38.1 Å². The van der Waals surface area contributed by atoms with E-state index in [1.54, 1.807) is 17.0 Å². The van der Waals surface area contributed by atoms with Crippen molar-refractivity contribution in [3.05, 3.63) is 29.3 Å². The Morgan fingerprint density at radius 2 is 1.81 bits per heavy atom. The topological polar surface area (TPSA) is 86.3 Å². The summed E-state index contributed by atoms with van der Waals surface area (Å²) in [4.78, 5) is 13.8. The number of hydrogen-bond acceptors (Lipinski definition) is 7. The third-order valence-electron chi connectivity index (χ3n) is 3.47. The summed E-state index contributed by atoms with van der Waals surface area (Å²) >= 11 is 8.57. The average molecular weight is 416 g/mol. The minimum Gasteiger partial charge on any atom is -0.493 e. The van der Waals surface area contributed by atoms with Crippen molar-refractivity contribution < 1.29 is 9.53 Å². The molecule has 0 aliphatic heterocycles. The van der Waals surface area contributed by atoms with Crippen molar-refractivity contribution in [2.75, 3.05) is 37.0 Å². The summed E-state index contributed by atoms with van der Waals surface area (Å²) in [6.07, 6.45) is 0. The number of ether oxygens (including phenoxy) is 1. The van der Waals surface area contributed by atoms with Crippen LogP contribution in [0.15, 0.2) is 34.6 Å². The molecule has 1 amide bonds. The predicted octanol–water partition coefficient (Wildman–Crippen LogP) is 2.78. The lowest BCUT2D eigenvalue weighted by molar-refractivity contribution is -0.127. The number of nitrogens with two attached hydrogens (primary N) is 1. The number of aromatic nitrogens is 3. The summed E-state index contributed by atoms with van der Waals surface area (Å²) in [5.74, 6) is 7.79. The number of thioether (sulfide) groups is 2. The molecule has 0 fully saturated rings. The molecule has 2 rings (SSSR count). The zero-order valence-electron chi connectivity index (χ0n) is 14.7. The maximum absolute atomic E-state index is 12.0. The zero-order valence-corrected chi connectivity index (χ0v) is 17.1. The number of halogens is 1. The first kappa shape index (κ1) is 20.7. The fourth-order valence-corrected chi connectivity index (χ4v) is 3.69. The second kappa shape index (κ2) is 10.5. The van der Waals surface area contributed by atoms with Crippen molar-refractivity contribution >= 4 is 41.0 Å². The second-order valence-electron chi connectivity index (χ2n) is 5.14. The molecule has 2 N–H and O–H groups in total. The number of nitrogens with zero attached hydrogens (tertiary/aromatic N) is 4. The highest BCUT2D eigenvalue weighted by Crippen LogP contribution is 2.21. The van der Waals surface area contributed by atoms with Crippen LogP contribution < -0.4 is 10.6 Å². The van der Waals surface area contributed by atoms with Crippen LogP contribution in [0.2, 0.25) is 5.02 Å². The smallest absolute Gasteiger partial charge is 0.233 e. The van der Waals surface area contributed by atoms with Crippen LogP contribution in [0.25, 0.3) is 0 Å². The number of nitrogen functional groups attached to an aromatic ring is 1. The molecule has 26 heavy (non-hydrogen) atoms. The van der Waals surface area contributed by atoms with Crippen molar-refractivity contribution in [3.8, 4) is 5.75 Å². The Bertz CT molecular complexity index is 707. The Morgan fingerprint density at radius 1 is 1.19 bits per heavy atom. The van der Waals surface area contributed by atoms with Crippen LogP contribution in [0.3, 0.4) is 0 Å². The molecule has 0 aliphatic carbocycles. The summed E-state index contributed by atoms with van der Waals surface area (Å²) in [5.41, 5.74) is 0. The quantitative estimate of drug-likeness (QED) is 0.362. The highest BCUT2D eigenvalue weighted by Gasteiger charge is 2.15. The highest BCUT2D eigenvalue weighted by atomic mass is 35.5. The Balaban J connectivity index is 1.77. The zero-order chi connectivity index (χ0) is 18.9. The molecule has 0 bridgehead atoms. The summed E-state index contributed by atoms with van der Waals surface area (Å²) in [6.45, 7) is 5.80. The summed E-state index contributed by atoms with van der Waals surface area (Å²) < 4.78 is 7.04. The van der Waals surface area contributed by atoms with Crippen LogP contribution in [0.4, 0.5) is 0 Å². The molecule has 2 aromatic rings. The van der Waals surface area contributed by atoms with Gasteiger partial charge in [-0.15, -0.1) is 10.2 Å². The SMILES string of the molecule is CCN(CC)C(=O)CSc1nnc(SCCOc2ccc(Cl)cc2)n1N. The van der Waals surface area contributed by atoms with Gasteiger partial charge in [0.15, 0.2) is 0 Å². The van der Waals surface area contributed by atoms with E-state index in [1.807, 2.05) is 26.0 Å². The van der Waals surface area contributed by atoms with Crippen molar-refractivity contribution in [1.82, 2.24) is 19.8 Å². The van der Waals surface area contributed by atoms with Crippen LogP contribution in [-0.2, 0) is 4.79 Å². The molecule has 0 saturated carbocycles. The van der Waals surface area contributed by atoms with Gasteiger partial charge in [-0.1, -0.05) is 35.1 Å². The standard InChI is InChI=1S/C16H22ClN5O2S2/c1-3-21(4-2)14(23)11-26-16-20-19-15(22(16)18)25-10-9-24-13-7-5-12(17)6-8-13/h5-8H,3-4,9-11,18H2,1-2H3. The molecule has 0 atom stereocenters. The van der Waals surface area contributed by atoms with E-state index in [1.165, 1.54) is 28.2 Å². The first-order valence-electron chi connectivity index (χ1n) is 8.17. The van der Waals surface area contributed by atoms with Gasteiger partial charge >= 0.3 is 0 Å². The maximum atomic E-state index is 12.0. The Morgan fingerprint density at radius 3 is 2.42 bits per heavy atom. The van der Waals surface area contributed by atoms with Crippen LogP contribution in [0, 0.1) is 0 Å². The molecule has 142 valence electrons. The van der Waals surface area contributed by atoms with Crippen LogP contribution in [0.1, 0.15) is 13.8 Å². The van der Waals surface area contributed by atoms with Gasteiger partial charge in [0.1, 0.15) is 5.75 Å². The minimum atomic E-state index is 0.0635. The highest BCUT2D eigenvalue weighted by molar-refractivity contribution is 8.00. The van der Waals surface area contributed by atoms with Crippen molar-refractivity contribution in [3.63, 3.8) is 0 Å². The van der Waals surface area contributed by atoms with E-state index in [-0.39, 0.29) is 5.91 Å². The molecule has 0 spiro atoms. The monoisotopic (exact) mass is 415 g/mol. The van der Waals surface area contributed by atoms with Gasteiger partial charge in [-0.2, -0.15) is 0 Å². The number of carbonyl (C=O) groups excluding carboxylic acids is 1. The van der Waals surface area contributed by atoms with Crippen molar-refractivity contribution in [1.29, 1.82) is 0 Å². The average Bonchev–Trinajstić information content (AvgIpc) is 2.99.